The molecule has 1 unspecified atom stereocenters. The van der Waals surface area contributed by atoms with Gasteiger partial charge in [-0.3, -0.25) is 0 Å². The van der Waals surface area contributed by atoms with E-state index in [1.165, 1.54) is 0 Å². The molecule has 0 fully saturated rings. The molecule has 0 aliphatic heterocycles. The number of para-hydroxylation sites is 1. The van der Waals surface area contributed by atoms with E-state index in [9.17, 15) is 5.26 Å². The Morgan fingerprint density at radius 2 is 2.05 bits per heavy atom. The maximum absolute atomic E-state index is 9.28. The van der Waals surface area contributed by atoms with Gasteiger partial charge in [0, 0.05) is 5.56 Å². The van der Waals surface area contributed by atoms with Crippen LogP contribution in [-0.2, 0) is 0 Å². The number of ether oxygens (including phenoxy) is 1. The van der Waals surface area contributed by atoms with E-state index in [0.29, 0.717) is 22.8 Å². The lowest BCUT2D eigenvalue weighted by atomic mass is 10.1. The van der Waals surface area contributed by atoms with E-state index < -0.39 is 0 Å². The molecule has 5 nitrogen and oxygen atoms in total. The molecule has 1 heterocycles. The number of anilines is 1. The minimum Gasteiger partial charge on any atom is -0.496 e. The zero-order valence-electron chi connectivity index (χ0n) is 11.2. The fourth-order valence-corrected chi connectivity index (χ4v) is 1.94. The summed E-state index contributed by atoms with van der Waals surface area (Å²) in [6.07, 6.45) is 0. The van der Waals surface area contributed by atoms with Gasteiger partial charge in [-0.1, -0.05) is 12.1 Å². The van der Waals surface area contributed by atoms with Crippen LogP contribution < -0.4 is 10.5 Å². The monoisotopic (exact) mass is 286 g/mol. The number of hydrogen-bond donors (Lipinski definition) is 2. The lowest BCUT2D eigenvalue weighted by Gasteiger charge is -2.12. The summed E-state index contributed by atoms with van der Waals surface area (Å²) in [5.74, 6) is 1.25. The number of nitriles is 1. The molecule has 0 aliphatic rings. The van der Waals surface area contributed by atoms with Crippen molar-refractivity contribution in [2.24, 2.45) is 0 Å². The standard InChI is InChI=1S/C14H14N4OS/c1-8(20)14-17-12(10(7-15)13(16)18-14)9-5-3-4-6-11(9)19-2/h3-6,8,20H,1-2H3,(H2,16,17,18). The van der Waals surface area contributed by atoms with E-state index in [1.807, 2.05) is 31.2 Å². The van der Waals surface area contributed by atoms with Crippen molar-refractivity contribution < 1.29 is 4.74 Å². The van der Waals surface area contributed by atoms with Gasteiger partial charge in [-0.15, -0.1) is 0 Å². The summed E-state index contributed by atoms with van der Waals surface area (Å²) in [6, 6.07) is 9.38. The normalized spacial score (nSPS) is 11.7. The Morgan fingerprint density at radius 1 is 1.35 bits per heavy atom. The van der Waals surface area contributed by atoms with Crippen LogP contribution in [0, 0.1) is 11.3 Å². The van der Waals surface area contributed by atoms with Gasteiger partial charge < -0.3 is 10.5 Å². The highest BCUT2D eigenvalue weighted by Gasteiger charge is 2.18. The van der Waals surface area contributed by atoms with E-state index in [-0.39, 0.29) is 16.6 Å². The number of aromatic nitrogens is 2. The molecule has 0 saturated carbocycles. The molecule has 0 saturated heterocycles. The first-order valence-corrected chi connectivity index (χ1v) is 6.49. The molecule has 0 amide bonds. The fraction of sp³-hybridized carbons (Fsp3) is 0.214. The number of nitrogen functional groups attached to an aromatic ring is 1. The molecule has 1 aromatic carbocycles. The van der Waals surface area contributed by atoms with Crippen molar-refractivity contribution in [3.63, 3.8) is 0 Å². The Bertz CT molecular complexity index is 679. The minimum atomic E-state index is -0.182. The van der Waals surface area contributed by atoms with Crippen molar-refractivity contribution in [3.05, 3.63) is 35.7 Å². The average Bonchev–Trinajstić information content (AvgIpc) is 2.46. The quantitative estimate of drug-likeness (QED) is 0.847. The Morgan fingerprint density at radius 3 is 2.65 bits per heavy atom. The summed E-state index contributed by atoms with van der Waals surface area (Å²) in [6.45, 7) is 1.84. The minimum absolute atomic E-state index is 0.152. The Kier molecular flexibility index (Phi) is 4.11. The van der Waals surface area contributed by atoms with Gasteiger partial charge >= 0.3 is 0 Å². The summed E-state index contributed by atoms with van der Waals surface area (Å²) in [5.41, 5.74) is 7.26. The van der Waals surface area contributed by atoms with Crippen LogP contribution in [0.5, 0.6) is 5.75 Å². The third-order valence-electron chi connectivity index (χ3n) is 2.80. The van der Waals surface area contributed by atoms with E-state index in [1.54, 1.807) is 13.2 Å². The topological polar surface area (TPSA) is 84.8 Å². The van der Waals surface area contributed by atoms with Gasteiger partial charge in [-0.2, -0.15) is 17.9 Å². The van der Waals surface area contributed by atoms with Crippen molar-refractivity contribution in [1.29, 1.82) is 5.26 Å². The van der Waals surface area contributed by atoms with Crippen LogP contribution in [0.4, 0.5) is 5.82 Å². The van der Waals surface area contributed by atoms with Crippen molar-refractivity contribution in [2.45, 2.75) is 12.2 Å². The summed E-state index contributed by atoms with van der Waals surface area (Å²) in [5, 5.41) is 9.10. The van der Waals surface area contributed by atoms with Crippen molar-refractivity contribution in [2.75, 3.05) is 12.8 Å². The second kappa shape index (κ2) is 5.80. The van der Waals surface area contributed by atoms with Crippen molar-refractivity contribution >= 4 is 18.4 Å². The molecule has 2 aromatic rings. The highest BCUT2D eigenvalue weighted by Crippen LogP contribution is 2.33. The first kappa shape index (κ1) is 14.2. The van der Waals surface area contributed by atoms with Gasteiger partial charge in [0.1, 0.15) is 29.0 Å². The predicted octanol–water partition coefficient (Wildman–Crippen LogP) is 2.60. The van der Waals surface area contributed by atoms with E-state index in [2.05, 4.69) is 22.6 Å². The molecule has 20 heavy (non-hydrogen) atoms. The summed E-state index contributed by atoms with van der Waals surface area (Å²) in [4.78, 5) is 8.52. The summed E-state index contributed by atoms with van der Waals surface area (Å²) >= 11 is 4.31. The number of benzene rings is 1. The number of hydrogen-bond acceptors (Lipinski definition) is 6. The lowest BCUT2D eigenvalue weighted by molar-refractivity contribution is 0.416. The largest absolute Gasteiger partial charge is 0.496 e. The van der Waals surface area contributed by atoms with Crippen LogP contribution in [0.3, 0.4) is 0 Å². The van der Waals surface area contributed by atoms with Gasteiger partial charge in [-0.05, 0) is 19.1 Å². The number of rotatable bonds is 3. The van der Waals surface area contributed by atoms with Crippen LogP contribution >= 0.6 is 12.6 Å². The maximum atomic E-state index is 9.28. The highest BCUT2D eigenvalue weighted by molar-refractivity contribution is 7.80. The van der Waals surface area contributed by atoms with Gasteiger partial charge in [0.05, 0.1) is 18.1 Å². The molecule has 1 aromatic heterocycles. The molecule has 0 radical (unpaired) electrons. The van der Waals surface area contributed by atoms with Crippen LogP contribution in [0.15, 0.2) is 24.3 Å². The predicted molar refractivity (Wildman–Crippen MR) is 80.5 cm³/mol. The summed E-state index contributed by atoms with van der Waals surface area (Å²) in [7, 11) is 1.57. The lowest BCUT2D eigenvalue weighted by Crippen LogP contribution is -2.06. The van der Waals surface area contributed by atoms with Crippen molar-refractivity contribution in [1.82, 2.24) is 9.97 Å². The molecule has 0 bridgehead atoms. The number of nitrogens with zero attached hydrogens (tertiary/aromatic N) is 3. The van der Waals surface area contributed by atoms with Gasteiger partial charge in [0.25, 0.3) is 0 Å². The summed E-state index contributed by atoms with van der Waals surface area (Å²) < 4.78 is 5.31. The molecule has 0 aliphatic carbocycles. The number of nitrogens with two attached hydrogens (primary N) is 1. The smallest absolute Gasteiger partial charge is 0.145 e. The molecular formula is C14H14N4OS. The molecular weight excluding hydrogens is 272 g/mol. The second-order valence-corrected chi connectivity index (χ2v) is 4.95. The Labute approximate surface area is 122 Å². The third kappa shape index (κ3) is 2.53. The average molecular weight is 286 g/mol. The highest BCUT2D eigenvalue weighted by atomic mass is 32.1. The number of methoxy groups -OCH3 is 1. The molecule has 6 heteroatoms. The Balaban J connectivity index is 2.75. The SMILES string of the molecule is COc1ccccc1-c1nc(C(C)S)nc(N)c1C#N. The van der Waals surface area contributed by atoms with E-state index in [4.69, 9.17) is 10.5 Å². The van der Waals surface area contributed by atoms with Crippen molar-refractivity contribution in [3.8, 4) is 23.1 Å². The Hall–Kier alpha value is -2.26. The molecule has 2 rings (SSSR count). The molecule has 2 N–H and O–H groups in total. The molecule has 0 spiro atoms. The maximum Gasteiger partial charge on any atom is 0.145 e. The first-order chi connectivity index (χ1) is 9.58. The zero-order chi connectivity index (χ0) is 14.7. The third-order valence-corrected chi connectivity index (χ3v) is 3.03. The number of thiol groups is 1. The zero-order valence-corrected chi connectivity index (χ0v) is 12.1. The second-order valence-electron chi connectivity index (χ2n) is 4.18. The molecule has 1 atom stereocenters. The van der Waals surface area contributed by atoms with Crippen LogP contribution in [-0.4, -0.2) is 17.1 Å². The van der Waals surface area contributed by atoms with Crippen LogP contribution in [0.25, 0.3) is 11.3 Å². The fourth-order valence-electron chi connectivity index (χ4n) is 1.83. The first-order valence-electron chi connectivity index (χ1n) is 5.97. The van der Waals surface area contributed by atoms with Crippen LogP contribution in [0.1, 0.15) is 23.6 Å². The van der Waals surface area contributed by atoms with Gasteiger partial charge in [0.2, 0.25) is 0 Å². The van der Waals surface area contributed by atoms with Crippen LogP contribution in [0.2, 0.25) is 0 Å². The molecule has 102 valence electrons. The van der Waals surface area contributed by atoms with E-state index in [0.717, 1.165) is 0 Å². The van der Waals surface area contributed by atoms with Gasteiger partial charge in [0.15, 0.2) is 0 Å². The van der Waals surface area contributed by atoms with Gasteiger partial charge in [-0.25, -0.2) is 9.97 Å². The van der Waals surface area contributed by atoms with E-state index >= 15 is 0 Å².